The Morgan fingerprint density at radius 3 is 2.65 bits per heavy atom. The molecule has 2 aromatic rings. The third kappa shape index (κ3) is 5.08. The Morgan fingerprint density at radius 2 is 2.08 bits per heavy atom. The number of nitro groups is 1. The third-order valence-corrected chi connectivity index (χ3v) is 3.17. The van der Waals surface area contributed by atoms with Crippen LogP contribution in [0.3, 0.4) is 0 Å². The van der Waals surface area contributed by atoms with Gasteiger partial charge in [-0.15, -0.1) is 12.4 Å². The zero-order valence-electron chi connectivity index (χ0n) is 13.6. The summed E-state index contributed by atoms with van der Waals surface area (Å²) in [5, 5.41) is 22.7. The Labute approximate surface area is 153 Å². The van der Waals surface area contributed by atoms with Gasteiger partial charge in [-0.1, -0.05) is 0 Å². The van der Waals surface area contributed by atoms with Gasteiger partial charge in [-0.05, 0) is 12.1 Å². The lowest BCUT2D eigenvalue weighted by Gasteiger charge is -2.04. The van der Waals surface area contributed by atoms with Crippen molar-refractivity contribution in [1.82, 2.24) is 9.88 Å². The molecular formula is C14H17ClN6O5. The van der Waals surface area contributed by atoms with Gasteiger partial charge in [0.2, 0.25) is 0 Å². The van der Waals surface area contributed by atoms with Gasteiger partial charge in [-0.25, -0.2) is 0 Å². The van der Waals surface area contributed by atoms with E-state index in [4.69, 9.17) is 15.6 Å². The van der Waals surface area contributed by atoms with Gasteiger partial charge in [0.25, 0.3) is 11.8 Å². The van der Waals surface area contributed by atoms with Gasteiger partial charge in [0, 0.05) is 26.2 Å². The highest BCUT2D eigenvalue weighted by atomic mass is 35.5. The first-order chi connectivity index (χ1) is 11.8. The van der Waals surface area contributed by atoms with Gasteiger partial charge < -0.3 is 25.4 Å². The lowest BCUT2D eigenvalue weighted by Crippen LogP contribution is -2.28. The fourth-order valence-corrected chi connectivity index (χ4v) is 2.00. The SMILES string of the molecule is Cl.Cn1cc(NC(=O)c2ccc([N+](=O)[O-])o2)cc1C(=O)NCCC(=N)N. The number of nitrogens with two attached hydrogens (primary N) is 1. The van der Waals surface area contributed by atoms with E-state index in [0.29, 0.717) is 5.69 Å². The van der Waals surface area contributed by atoms with Crippen molar-refractivity contribution in [3.8, 4) is 0 Å². The quantitative estimate of drug-likeness (QED) is 0.242. The van der Waals surface area contributed by atoms with E-state index in [2.05, 4.69) is 10.6 Å². The first kappa shape index (κ1) is 20.7. The van der Waals surface area contributed by atoms with Crippen molar-refractivity contribution in [2.24, 2.45) is 12.8 Å². The molecule has 0 saturated carbocycles. The molecule has 0 aliphatic rings. The maximum atomic E-state index is 12.0. The summed E-state index contributed by atoms with van der Waals surface area (Å²) in [5.74, 6) is -1.86. The van der Waals surface area contributed by atoms with Crippen LogP contribution >= 0.6 is 12.4 Å². The minimum Gasteiger partial charge on any atom is -0.395 e. The number of amidine groups is 1. The molecule has 0 atom stereocenters. The summed E-state index contributed by atoms with van der Waals surface area (Å²) in [6.45, 7) is 0.219. The Hall–Kier alpha value is -3.34. The minimum absolute atomic E-state index is 0. The number of hydrogen-bond acceptors (Lipinski definition) is 6. The molecule has 0 aliphatic carbocycles. The predicted octanol–water partition coefficient (Wildman–Crippen LogP) is 1.26. The Bertz CT molecular complexity index is 843. The maximum Gasteiger partial charge on any atom is 0.433 e. The highest BCUT2D eigenvalue weighted by Crippen LogP contribution is 2.18. The molecule has 2 aromatic heterocycles. The number of amides is 2. The van der Waals surface area contributed by atoms with Crippen molar-refractivity contribution in [1.29, 1.82) is 5.41 Å². The molecule has 140 valence electrons. The maximum absolute atomic E-state index is 12.0. The zero-order chi connectivity index (χ0) is 18.6. The van der Waals surface area contributed by atoms with Crippen LogP contribution in [0.15, 0.2) is 28.8 Å². The number of nitrogens with zero attached hydrogens (tertiary/aromatic N) is 2. The fraction of sp³-hybridized carbons (Fsp3) is 0.214. The summed E-state index contributed by atoms with van der Waals surface area (Å²) in [4.78, 5) is 33.9. The number of furan rings is 1. The molecule has 0 bridgehead atoms. The molecule has 0 saturated heterocycles. The average Bonchev–Trinajstić information content (AvgIpc) is 3.13. The molecule has 11 nitrogen and oxygen atoms in total. The van der Waals surface area contributed by atoms with Gasteiger partial charge in [-0.3, -0.25) is 25.1 Å². The molecule has 5 N–H and O–H groups in total. The van der Waals surface area contributed by atoms with Crippen molar-refractivity contribution < 1.29 is 18.9 Å². The van der Waals surface area contributed by atoms with Gasteiger partial charge in [0.1, 0.15) is 10.6 Å². The predicted molar refractivity (Wildman–Crippen MR) is 94.8 cm³/mol. The van der Waals surface area contributed by atoms with Gasteiger partial charge >= 0.3 is 5.88 Å². The van der Waals surface area contributed by atoms with Crippen LogP contribution < -0.4 is 16.4 Å². The second-order valence-corrected chi connectivity index (χ2v) is 5.11. The van der Waals surface area contributed by atoms with E-state index in [1.165, 1.54) is 22.9 Å². The Morgan fingerprint density at radius 1 is 1.38 bits per heavy atom. The van der Waals surface area contributed by atoms with E-state index in [9.17, 15) is 19.7 Å². The molecule has 12 heteroatoms. The lowest BCUT2D eigenvalue weighted by molar-refractivity contribution is -0.402. The minimum atomic E-state index is -0.747. The number of halogens is 1. The number of aryl methyl sites for hydroxylation is 1. The topological polar surface area (TPSA) is 169 Å². The highest BCUT2D eigenvalue weighted by molar-refractivity contribution is 6.03. The van der Waals surface area contributed by atoms with E-state index in [0.717, 1.165) is 6.07 Å². The van der Waals surface area contributed by atoms with E-state index in [1.807, 2.05) is 0 Å². The first-order valence-electron chi connectivity index (χ1n) is 7.11. The molecule has 26 heavy (non-hydrogen) atoms. The van der Waals surface area contributed by atoms with Crippen LogP contribution in [0.1, 0.15) is 27.5 Å². The number of hydrogen-bond donors (Lipinski definition) is 4. The van der Waals surface area contributed by atoms with Crippen LogP contribution in [0.25, 0.3) is 0 Å². The molecule has 0 unspecified atom stereocenters. The summed E-state index contributed by atoms with van der Waals surface area (Å²) in [6, 6.07) is 3.71. The van der Waals surface area contributed by atoms with Crippen molar-refractivity contribution >= 4 is 41.6 Å². The summed E-state index contributed by atoms with van der Waals surface area (Å²) >= 11 is 0. The number of aromatic nitrogens is 1. The number of anilines is 1. The van der Waals surface area contributed by atoms with E-state index < -0.39 is 22.6 Å². The molecule has 0 aromatic carbocycles. The second kappa shape index (κ2) is 8.67. The number of carbonyl (C=O) groups excluding carboxylic acids is 2. The van der Waals surface area contributed by atoms with Gasteiger partial charge in [0.05, 0.1) is 17.6 Å². The van der Waals surface area contributed by atoms with E-state index in [-0.39, 0.29) is 42.7 Å². The molecule has 2 heterocycles. The van der Waals surface area contributed by atoms with Gasteiger partial charge in [-0.2, -0.15) is 0 Å². The summed E-state index contributed by atoms with van der Waals surface area (Å²) in [7, 11) is 1.62. The van der Waals surface area contributed by atoms with Crippen molar-refractivity contribution in [3.63, 3.8) is 0 Å². The van der Waals surface area contributed by atoms with Crippen LogP contribution in [-0.4, -0.2) is 33.7 Å². The molecular weight excluding hydrogens is 368 g/mol. The fourth-order valence-electron chi connectivity index (χ4n) is 2.00. The lowest BCUT2D eigenvalue weighted by atomic mass is 10.3. The molecule has 2 rings (SSSR count). The van der Waals surface area contributed by atoms with Crippen LogP contribution in [0.2, 0.25) is 0 Å². The smallest absolute Gasteiger partial charge is 0.395 e. The van der Waals surface area contributed by atoms with Crippen LogP contribution in [0.4, 0.5) is 11.6 Å². The monoisotopic (exact) mass is 384 g/mol. The molecule has 0 fully saturated rings. The molecule has 0 radical (unpaired) electrons. The van der Waals surface area contributed by atoms with E-state index in [1.54, 1.807) is 7.05 Å². The van der Waals surface area contributed by atoms with E-state index >= 15 is 0 Å². The van der Waals surface area contributed by atoms with Crippen LogP contribution in [-0.2, 0) is 7.05 Å². The summed E-state index contributed by atoms with van der Waals surface area (Å²) < 4.78 is 6.31. The number of carbonyl (C=O) groups is 2. The Kier molecular flexibility index (Phi) is 6.90. The summed E-state index contributed by atoms with van der Waals surface area (Å²) in [5.41, 5.74) is 5.81. The molecule has 0 aliphatic heterocycles. The highest BCUT2D eigenvalue weighted by Gasteiger charge is 2.19. The summed E-state index contributed by atoms with van der Waals surface area (Å²) in [6.07, 6.45) is 1.74. The Balaban J connectivity index is 0.00000338. The standard InChI is InChI=1S/C14H16N6O5.ClH/c1-19-7-8(6-9(19)13(21)17-5-4-11(15)16)18-14(22)10-2-3-12(25-10)20(23)24;/h2-3,6-7H,4-5H2,1H3,(H3,15,16)(H,17,21)(H,18,22);1H. The largest absolute Gasteiger partial charge is 0.433 e. The number of rotatable bonds is 7. The average molecular weight is 385 g/mol. The van der Waals surface area contributed by atoms with Gasteiger partial charge in [0.15, 0.2) is 5.76 Å². The normalized spacial score (nSPS) is 9.88. The van der Waals surface area contributed by atoms with Crippen LogP contribution in [0, 0.1) is 15.5 Å². The van der Waals surface area contributed by atoms with Crippen molar-refractivity contribution in [2.75, 3.05) is 11.9 Å². The first-order valence-corrected chi connectivity index (χ1v) is 7.11. The van der Waals surface area contributed by atoms with Crippen LogP contribution in [0.5, 0.6) is 0 Å². The second-order valence-electron chi connectivity index (χ2n) is 5.11. The third-order valence-electron chi connectivity index (χ3n) is 3.17. The molecule has 2 amide bonds. The zero-order valence-corrected chi connectivity index (χ0v) is 14.5. The van der Waals surface area contributed by atoms with Crippen molar-refractivity contribution in [2.45, 2.75) is 6.42 Å². The molecule has 0 spiro atoms. The van der Waals surface area contributed by atoms with Crippen molar-refractivity contribution in [3.05, 3.63) is 46.0 Å². The number of nitrogens with one attached hydrogen (secondary N) is 3.